The molecule has 3 nitrogen and oxygen atoms in total. The van der Waals surface area contributed by atoms with Crippen LogP contribution in [0.25, 0.3) is 0 Å². The number of halogens is 3. The van der Waals surface area contributed by atoms with Gasteiger partial charge >= 0.3 is 0 Å². The third-order valence-electron chi connectivity index (χ3n) is 2.70. The molecule has 1 unspecified atom stereocenters. The fraction of sp³-hybridized carbons (Fsp3) is 0.462. The van der Waals surface area contributed by atoms with Crippen LogP contribution in [0.1, 0.15) is 36.5 Å². The van der Waals surface area contributed by atoms with Crippen molar-refractivity contribution in [1.82, 2.24) is 5.32 Å². The molecule has 0 bridgehead atoms. The minimum absolute atomic E-state index is 0. The summed E-state index contributed by atoms with van der Waals surface area (Å²) in [6.45, 7) is 2.52. The van der Waals surface area contributed by atoms with Crippen molar-refractivity contribution in [3.63, 3.8) is 0 Å². The van der Waals surface area contributed by atoms with Crippen LogP contribution in [-0.2, 0) is 0 Å². The van der Waals surface area contributed by atoms with Gasteiger partial charge in [0.25, 0.3) is 5.91 Å². The Kier molecular flexibility index (Phi) is 9.30. The lowest BCUT2D eigenvalue weighted by Crippen LogP contribution is -2.40. The molecule has 1 aromatic rings. The van der Waals surface area contributed by atoms with Gasteiger partial charge in [0.15, 0.2) is 0 Å². The number of carbonyl (C=O) groups excluding carboxylic acids is 1. The van der Waals surface area contributed by atoms with Gasteiger partial charge in [-0.3, -0.25) is 4.79 Å². The number of unbranched alkanes of at least 4 members (excludes halogenated alkanes) is 1. The van der Waals surface area contributed by atoms with Gasteiger partial charge < -0.3 is 11.1 Å². The molecule has 0 aromatic heterocycles. The van der Waals surface area contributed by atoms with E-state index < -0.39 is 0 Å². The molecule has 3 N–H and O–H groups in total. The first-order chi connectivity index (χ1) is 8.58. The minimum Gasteiger partial charge on any atom is -0.348 e. The molecule has 0 spiro atoms. The molecule has 0 aliphatic carbocycles. The van der Waals surface area contributed by atoms with Crippen molar-refractivity contribution in [2.24, 2.45) is 5.73 Å². The van der Waals surface area contributed by atoms with E-state index in [1.165, 1.54) is 18.2 Å². The van der Waals surface area contributed by atoms with E-state index in [2.05, 4.69) is 12.2 Å². The van der Waals surface area contributed by atoms with Gasteiger partial charge in [0, 0.05) is 16.2 Å². The predicted molar refractivity (Wildman–Crippen MR) is 86.2 cm³/mol. The largest absolute Gasteiger partial charge is 0.348 e. The Morgan fingerprint density at radius 1 is 1.53 bits per heavy atom. The van der Waals surface area contributed by atoms with Crippen molar-refractivity contribution in [1.29, 1.82) is 0 Å². The summed E-state index contributed by atoms with van der Waals surface area (Å²) in [5.41, 5.74) is 6.12. The second kappa shape index (κ2) is 9.50. The normalized spacial score (nSPS) is 11.6. The Morgan fingerprint density at radius 2 is 2.21 bits per heavy atom. The monoisotopic (exact) mass is 400 g/mol. The predicted octanol–water partition coefficient (Wildman–Crippen LogP) is 3.10. The zero-order chi connectivity index (χ0) is 13.5. The zero-order valence-corrected chi connectivity index (χ0v) is 13.8. The maximum atomic E-state index is 12.9. The lowest BCUT2D eigenvalue weighted by molar-refractivity contribution is 0.0935. The van der Waals surface area contributed by atoms with E-state index in [9.17, 15) is 9.18 Å². The molecule has 1 atom stereocenters. The minimum atomic E-state index is -0.336. The Balaban J connectivity index is 0.00000324. The fourth-order valence-electron chi connectivity index (χ4n) is 1.64. The van der Waals surface area contributed by atoms with Gasteiger partial charge in [-0.05, 0) is 47.2 Å². The number of nitrogens with one attached hydrogen (secondary N) is 1. The van der Waals surface area contributed by atoms with Crippen LogP contribution < -0.4 is 11.1 Å². The molecule has 108 valence electrons. The van der Waals surface area contributed by atoms with Crippen LogP contribution in [0.3, 0.4) is 0 Å². The molecule has 1 amide bonds. The number of amides is 1. The van der Waals surface area contributed by atoms with E-state index in [4.69, 9.17) is 5.73 Å². The average Bonchev–Trinajstić information content (AvgIpc) is 2.34. The van der Waals surface area contributed by atoms with E-state index in [0.717, 1.165) is 19.3 Å². The van der Waals surface area contributed by atoms with Crippen LogP contribution in [0.15, 0.2) is 18.2 Å². The molecule has 0 aliphatic rings. The Morgan fingerprint density at radius 3 is 2.74 bits per heavy atom. The molecule has 6 heteroatoms. The summed E-state index contributed by atoms with van der Waals surface area (Å²) in [6.07, 6.45) is 2.97. The zero-order valence-electron chi connectivity index (χ0n) is 10.8. The highest BCUT2D eigenvalue weighted by atomic mass is 127. The van der Waals surface area contributed by atoms with Gasteiger partial charge in [-0.15, -0.1) is 12.4 Å². The van der Waals surface area contributed by atoms with Crippen LogP contribution in [0, 0.1) is 9.39 Å². The van der Waals surface area contributed by atoms with Gasteiger partial charge in [0.1, 0.15) is 5.82 Å². The van der Waals surface area contributed by atoms with Crippen LogP contribution in [0.2, 0.25) is 0 Å². The number of rotatable bonds is 6. The van der Waals surface area contributed by atoms with Gasteiger partial charge in [-0.2, -0.15) is 0 Å². The van der Waals surface area contributed by atoms with Crippen LogP contribution >= 0.6 is 35.0 Å². The van der Waals surface area contributed by atoms with E-state index in [1.807, 2.05) is 22.6 Å². The van der Waals surface area contributed by atoms with Crippen LogP contribution in [0.4, 0.5) is 4.39 Å². The second-order valence-electron chi connectivity index (χ2n) is 4.17. The smallest absolute Gasteiger partial charge is 0.252 e. The standard InChI is InChI=1S/C13H18FIN2O.ClH/c1-2-3-4-10(8-16)17-13(18)11-6-5-9(14)7-12(11)15;/h5-7,10H,2-4,8,16H2,1H3,(H,17,18);1H. The molecular weight excluding hydrogens is 382 g/mol. The number of nitrogens with two attached hydrogens (primary N) is 1. The van der Waals surface area contributed by atoms with E-state index in [1.54, 1.807) is 0 Å². The van der Waals surface area contributed by atoms with Gasteiger partial charge in [0.2, 0.25) is 0 Å². The Hall–Kier alpha value is -0.400. The van der Waals surface area contributed by atoms with E-state index in [0.29, 0.717) is 15.7 Å². The summed E-state index contributed by atoms with van der Waals surface area (Å²) >= 11 is 1.96. The summed E-state index contributed by atoms with van der Waals surface area (Å²) in [5.74, 6) is -0.525. The SMILES string of the molecule is CCCCC(CN)NC(=O)c1ccc(F)cc1I.Cl. The number of hydrogen-bond donors (Lipinski definition) is 2. The molecule has 0 fully saturated rings. The maximum absolute atomic E-state index is 12.9. The van der Waals surface area contributed by atoms with Crippen molar-refractivity contribution in [3.05, 3.63) is 33.1 Å². The number of hydrogen-bond acceptors (Lipinski definition) is 2. The number of benzene rings is 1. The second-order valence-corrected chi connectivity index (χ2v) is 5.33. The first kappa shape index (κ1) is 18.6. The van der Waals surface area contributed by atoms with Gasteiger partial charge in [0.05, 0.1) is 5.56 Å². The molecule has 1 aromatic carbocycles. The van der Waals surface area contributed by atoms with Gasteiger partial charge in [-0.25, -0.2) is 4.39 Å². The quantitative estimate of drug-likeness (QED) is 0.721. The van der Waals surface area contributed by atoms with Crippen molar-refractivity contribution < 1.29 is 9.18 Å². The molecule has 0 aliphatic heterocycles. The van der Waals surface area contributed by atoms with Crippen LogP contribution in [0.5, 0.6) is 0 Å². The molecule has 19 heavy (non-hydrogen) atoms. The topological polar surface area (TPSA) is 55.1 Å². The maximum Gasteiger partial charge on any atom is 0.252 e. The molecule has 0 saturated carbocycles. The summed E-state index contributed by atoms with van der Waals surface area (Å²) in [5, 5.41) is 2.89. The lowest BCUT2D eigenvalue weighted by Gasteiger charge is -2.17. The third-order valence-corrected chi connectivity index (χ3v) is 3.59. The van der Waals surface area contributed by atoms with Crippen molar-refractivity contribution in [2.45, 2.75) is 32.2 Å². The molecular formula is C13H19ClFIN2O. The van der Waals surface area contributed by atoms with Crippen molar-refractivity contribution in [2.75, 3.05) is 6.54 Å². The molecule has 0 heterocycles. The fourth-order valence-corrected chi connectivity index (χ4v) is 2.36. The summed E-state index contributed by atoms with van der Waals surface area (Å²) in [6, 6.07) is 4.12. The highest BCUT2D eigenvalue weighted by Gasteiger charge is 2.14. The summed E-state index contributed by atoms with van der Waals surface area (Å²) in [7, 11) is 0. The first-order valence-electron chi connectivity index (χ1n) is 6.04. The molecule has 0 saturated heterocycles. The van der Waals surface area contributed by atoms with Crippen LogP contribution in [-0.4, -0.2) is 18.5 Å². The molecule has 0 radical (unpaired) electrons. The Bertz CT molecular complexity index is 418. The highest BCUT2D eigenvalue weighted by Crippen LogP contribution is 2.14. The van der Waals surface area contributed by atoms with Gasteiger partial charge in [-0.1, -0.05) is 19.8 Å². The molecule has 1 rings (SSSR count). The van der Waals surface area contributed by atoms with E-state index in [-0.39, 0.29) is 30.2 Å². The highest BCUT2D eigenvalue weighted by molar-refractivity contribution is 14.1. The van der Waals surface area contributed by atoms with E-state index >= 15 is 0 Å². The Labute approximate surface area is 133 Å². The van der Waals surface area contributed by atoms with Crippen molar-refractivity contribution in [3.8, 4) is 0 Å². The number of carbonyl (C=O) groups is 1. The van der Waals surface area contributed by atoms with Crippen molar-refractivity contribution >= 4 is 40.9 Å². The average molecular weight is 401 g/mol. The summed E-state index contributed by atoms with van der Waals surface area (Å²) < 4.78 is 13.6. The lowest BCUT2D eigenvalue weighted by atomic mass is 10.1. The summed E-state index contributed by atoms with van der Waals surface area (Å²) in [4.78, 5) is 12.0. The first-order valence-corrected chi connectivity index (χ1v) is 7.12. The third kappa shape index (κ3) is 6.05.